The first-order valence-corrected chi connectivity index (χ1v) is 5.12. The van der Waals surface area contributed by atoms with Gasteiger partial charge in [-0.25, -0.2) is 4.39 Å². The highest BCUT2D eigenvalue weighted by Crippen LogP contribution is 2.22. The third-order valence-corrected chi connectivity index (χ3v) is 2.32. The number of hydrogen-bond acceptors (Lipinski definition) is 2. The lowest BCUT2D eigenvalue weighted by Gasteiger charge is -2.16. The highest BCUT2D eigenvalue weighted by molar-refractivity contribution is 5.47. The van der Waals surface area contributed by atoms with Crippen molar-refractivity contribution in [3.05, 3.63) is 29.6 Å². The number of nitrogen functional groups attached to an aromatic ring is 1. The summed E-state index contributed by atoms with van der Waals surface area (Å²) in [5, 5.41) is 2.66. The summed E-state index contributed by atoms with van der Waals surface area (Å²) in [6.07, 6.45) is -5.14. The van der Waals surface area contributed by atoms with Gasteiger partial charge in [0, 0.05) is 12.6 Å². The van der Waals surface area contributed by atoms with E-state index in [1.54, 1.807) is 6.07 Å². The maximum Gasteiger partial charge on any atom is 0.390 e. The van der Waals surface area contributed by atoms with Crippen molar-refractivity contribution in [1.29, 1.82) is 0 Å². The van der Waals surface area contributed by atoms with Crippen LogP contribution >= 0.6 is 0 Å². The highest BCUT2D eigenvalue weighted by Gasteiger charge is 2.29. The molecule has 6 heteroatoms. The zero-order valence-electron chi connectivity index (χ0n) is 9.31. The zero-order valence-corrected chi connectivity index (χ0v) is 9.31. The highest BCUT2D eigenvalue weighted by atomic mass is 19.4. The molecular weight excluding hydrogens is 236 g/mol. The van der Waals surface area contributed by atoms with Gasteiger partial charge in [-0.1, -0.05) is 12.1 Å². The number of anilines is 1. The third-order valence-electron chi connectivity index (χ3n) is 2.32. The van der Waals surface area contributed by atoms with Crippen LogP contribution in [0.4, 0.5) is 23.2 Å². The molecule has 17 heavy (non-hydrogen) atoms. The van der Waals surface area contributed by atoms with Gasteiger partial charge in [-0.15, -0.1) is 0 Å². The number of alkyl halides is 3. The zero-order chi connectivity index (χ0) is 13.1. The second-order valence-electron chi connectivity index (χ2n) is 3.91. The van der Waals surface area contributed by atoms with E-state index < -0.39 is 24.5 Å². The van der Waals surface area contributed by atoms with Crippen LogP contribution in [-0.2, 0) is 6.54 Å². The first kappa shape index (κ1) is 13.8. The normalized spacial score (nSPS) is 13.7. The maximum atomic E-state index is 13.0. The summed E-state index contributed by atoms with van der Waals surface area (Å²) in [6, 6.07) is 3.51. The van der Waals surface area contributed by atoms with Crippen molar-refractivity contribution in [3.8, 4) is 0 Å². The predicted octanol–water partition coefficient (Wildman–Crippen LogP) is 2.84. The number of rotatable bonds is 4. The monoisotopic (exact) mass is 250 g/mol. The van der Waals surface area contributed by atoms with E-state index in [0.29, 0.717) is 5.56 Å². The molecule has 0 aliphatic rings. The first-order valence-electron chi connectivity index (χ1n) is 5.12. The van der Waals surface area contributed by atoms with E-state index in [9.17, 15) is 17.6 Å². The summed E-state index contributed by atoms with van der Waals surface area (Å²) in [4.78, 5) is 0. The molecule has 0 heterocycles. The van der Waals surface area contributed by atoms with Crippen LogP contribution in [0.2, 0.25) is 0 Å². The largest absolute Gasteiger partial charge is 0.396 e. The predicted molar refractivity (Wildman–Crippen MR) is 57.8 cm³/mol. The smallest absolute Gasteiger partial charge is 0.390 e. The number of benzene rings is 1. The fourth-order valence-corrected chi connectivity index (χ4v) is 1.44. The number of halogens is 4. The molecule has 3 N–H and O–H groups in total. The summed E-state index contributed by atoms with van der Waals surface area (Å²) in [6.45, 7) is 1.53. The fraction of sp³-hybridized carbons (Fsp3) is 0.455. The van der Waals surface area contributed by atoms with Crippen LogP contribution < -0.4 is 11.1 Å². The number of hydrogen-bond donors (Lipinski definition) is 2. The molecule has 1 unspecified atom stereocenters. The van der Waals surface area contributed by atoms with Crippen LogP contribution in [0.5, 0.6) is 0 Å². The number of para-hydroxylation sites is 1. The molecule has 0 radical (unpaired) electrons. The van der Waals surface area contributed by atoms with Gasteiger partial charge in [0.1, 0.15) is 5.82 Å². The molecule has 0 spiro atoms. The van der Waals surface area contributed by atoms with Gasteiger partial charge in [0.25, 0.3) is 0 Å². The lowest BCUT2D eigenvalue weighted by atomic mass is 10.1. The van der Waals surface area contributed by atoms with E-state index in [1.165, 1.54) is 19.1 Å². The molecule has 1 aromatic rings. The summed E-state index contributed by atoms with van der Waals surface area (Å²) in [5.74, 6) is -0.562. The number of nitrogens with two attached hydrogens (primary N) is 1. The maximum absolute atomic E-state index is 13.0. The van der Waals surface area contributed by atoms with E-state index >= 15 is 0 Å². The van der Waals surface area contributed by atoms with Gasteiger partial charge in [-0.05, 0) is 18.6 Å². The molecule has 0 saturated carbocycles. The van der Waals surface area contributed by atoms with E-state index in [4.69, 9.17) is 5.73 Å². The van der Waals surface area contributed by atoms with Crippen molar-refractivity contribution in [1.82, 2.24) is 5.32 Å². The minimum absolute atomic E-state index is 0.0285. The van der Waals surface area contributed by atoms with Crippen molar-refractivity contribution >= 4 is 5.69 Å². The molecule has 0 fully saturated rings. The van der Waals surface area contributed by atoms with Crippen LogP contribution in [0.3, 0.4) is 0 Å². The third kappa shape index (κ3) is 4.60. The first-order chi connectivity index (χ1) is 7.79. The molecule has 0 aliphatic heterocycles. The molecule has 96 valence electrons. The molecule has 1 aromatic carbocycles. The second-order valence-corrected chi connectivity index (χ2v) is 3.91. The van der Waals surface area contributed by atoms with Crippen molar-refractivity contribution < 1.29 is 17.6 Å². The molecule has 1 atom stereocenters. The van der Waals surface area contributed by atoms with Gasteiger partial charge in [0.05, 0.1) is 12.1 Å². The van der Waals surface area contributed by atoms with Crippen LogP contribution in [0.15, 0.2) is 18.2 Å². The van der Waals surface area contributed by atoms with Crippen LogP contribution in [-0.4, -0.2) is 12.2 Å². The van der Waals surface area contributed by atoms with Crippen molar-refractivity contribution in [2.24, 2.45) is 0 Å². The lowest BCUT2D eigenvalue weighted by Crippen LogP contribution is -2.31. The van der Waals surface area contributed by atoms with Crippen LogP contribution in [0.1, 0.15) is 18.9 Å². The molecule has 0 saturated heterocycles. The Kier molecular flexibility index (Phi) is 4.34. The molecule has 2 nitrogen and oxygen atoms in total. The average molecular weight is 250 g/mol. The Hall–Kier alpha value is -1.30. The van der Waals surface area contributed by atoms with Crippen LogP contribution in [0, 0.1) is 5.82 Å². The molecule has 0 aliphatic carbocycles. The summed E-state index contributed by atoms with van der Waals surface area (Å²) >= 11 is 0. The van der Waals surface area contributed by atoms with E-state index in [2.05, 4.69) is 5.32 Å². The lowest BCUT2D eigenvalue weighted by molar-refractivity contribution is -0.139. The second kappa shape index (κ2) is 5.35. The van der Waals surface area contributed by atoms with Crippen molar-refractivity contribution in [2.45, 2.75) is 32.1 Å². The Morgan fingerprint density at radius 3 is 2.59 bits per heavy atom. The van der Waals surface area contributed by atoms with Gasteiger partial charge in [0.15, 0.2) is 0 Å². The Morgan fingerprint density at radius 2 is 2.00 bits per heavy atom. The van der Waals surface area contributed by atoms with Crippen LogP contribution in [0.25, 0.3) is 0 Å². The Labute approximate surface area is 96.8 Å². The molecule has 0 bridgehead atoms. The fourth-order valence-electron chi connectivity index (χ4n) is 1.44. The summed E-state index contributed by atoms with van der Waals surface area (Å²) in [5.41, 5.74) is 5.89. The SMILES string of the molecule is CC(CC(F)(F)F)NCc1cccc(F)c1N. The van der Waals surface area contributed by atoms with E-state index in [-0.39, 0.29) is 12.2 Å². The van der Waals surface area contributed by atoms with E-state index in [1.807, 2.05) is 0 Å². The Bertz CT molecular complexity index is 376. The molecular formula is C11H14F4N2. The Morgan fingerprint density at radius 1 is 1.35 bits per heavy atom. The van der Waals surface area contributed by atoms with Gasteiger partial charge < -0.3 is 11.1 Å². The van der Waals surface area contributed by atoms with Gasteiger partial charge in [-0.2, -0.15) is 13.2 Å². The molecule has 0 aromatic heterocycles. The van der Waals surface area contributed by atoms with Gasteiger partial charge in [0.2, 0.25) is 0 Å². The average Bonchev–Trinajstić information content (AvgIpc) is 2.18. The topological polar surface area (TPSA) is 38.0 Å². The van der Waals surface area contributed by atoms with Gasteiger partial charge >= 0.3 is 6.18 Å². The van der Waals surface area contributed by atoms with Gasteiger partial charge in [-0.3, -0.25) is 0 Å². The minimum Gasteiger partial charge on any atom is -0.396 e. The summed E-state index contributed by atoms with van der Waals surface area (Å²) in [7, 11) is 0. The molecule has 0 amide bonds. The quantitative estimate of drug-likeness (QED) is 0.637. The standard InChI is InChI=1S/C11H14F4N2/c1-7(5-11(13,14)15)17-6-8-3-2-4-9(12)10(8)16/h2-4,7,17H,5-6,16H2,1H3. The summed E-state index contributed by atoms with van der Waals surface area (Å²) < 4.78 is 49.2. The van der Waals surface area contributed by atoms with Crippen molar-refractivity contribution in [2.75, 3.05) is 5.73 Å². The number of nitrogens with one attached hydrogen (secondary N) is 1. The van der Waals surface area contributed by atoms with E-state index in [0.717, 1.165) is 0 Å². The van der Waals surface area contributed by atoms with Crippen molar-refractivity contribution in [3.63, 3.8) is 0 Å². The molecule has 1 rings (SSSR count). The minimum atomic E-state index is -4.21. The Balaban J connectivity index is 2.53.